The van der Waals surface area contributed by atoms with E-state index in [0.29, 0.717) is 23.2 Å². The molecule has 1 N–H and O–H groups in total. The number of halogens is 1. The predicted octanol–water partition coefficient (Wildman–Crippen LogP) is 2.87. The lowest BCUT2D eigenvalue weighted by molar-refractivity contribution is 0.534. The van der Waals surface area contributed by atoms with Gasteiger partial charge in [0.15, 0.2) is 0 Å². The molecule has 2 heterocycles. The van der Waals surface area contributed by atoms with Gasteiger partial charge >= 0.3 is 0 Å². The lowest BCUT2D eigenvalue weighted by Gasteiger charge is -2.16. The van der Waals surface area contributed by atoms with Crippen molar-refractivity contribution in [3.05, 3.63) is 51.7 Å². The van der Waals surface area contributed by atoms with Crippen LogP contribution in [0.3, 0.4) is 0 Å². The van der Waals surface area contributed by atoms with E-state index in [1.807, 2.05) is 19.1 Å². The first-order valence-corrected chi connectivity index (χ1v) is 7.45. The molecule has 0 bridgehead atoms. The molecule has 0 spiro atoms. The Morgan fingerprint density at radius 1 is 1.43 bits per heavy atom. The van der Waals surface area contributed by atoms with E-state index < -0.39 is 0 Å². The van der Waals surface area contributed by atoms with Crippen LogP contribution in [0.5, 0.6) is 0 Å². The van der Waals surface area contributed by atoms with Gasteiger partial charge < -0.3 is 5.32 Å². The first kappa shape index (κ1) is 14.1. The van der Waals surface area contributed by atoms with Crippen LogP contribution < -0.4 is 10.9 Å². The molecule has 1 atom stereocenters. The van der Waals surface area contributed by atoms with Gasteiger partial charge in [0, 0.05) is 25.0 Å². The number of nitrogens with one attached hydrogen (secondary N) is 1. The van der Waals surface area contributed by atoms with Gasteiger partial charge in [-0.2, -0.15) is 5.10 Å². The largest absolute Gasteiger partial charge is 0.373 e. The number of anilines is 1. The van der Waals surface area contributed by atoms with Crippen LogP contribution in [0, 0.1) is 5.92 Å². The number of rotatable bonds is 5. The van der Waals surface area contributed by atoms with Gasteiger partial charge in [0.2, 0.25) is 0 Å². The molecule has 1 aliphatic rings. The Balaban J connectivity index is 1.85. The third kappa shape index (κ3) is 3.24. The number of hydrogen-bond donors (Lipinski definition) is 1. The summed E-state index contributed by atoms with van der Waals surface area (Å²) in [6.45, 7) is 2.66. The highest BCUT2D eigenvalue weighted by Gasteiger charge is 2.23. The predicted molar refractivity (Wildman–Crippen MR) is 82.5 cm³/mol. The molecular formula is C15H17ClN4O. The zero-order chi connectivity index (χ0) is 14.8. The summed E-state index contributed by atoms with van der Waals surface area (Å²) in [5, 5.41) is 7.67. The standard InChI is InChI=1S/C15H17ClN4O/c1-10(12-4-6-17-7-5-12)19-14-13(16)8-18-20(15(14)21)9-11-2-3-11/h4-8,10-11,19H,2-3,9H2,1H3. The highest BCUT2D eigenvalue weighted by atomic mass is 35.5. The minimum atomic E-state index is -0.157. The Kier molecular flexibility index (Phi) is 3.92. The van der Waals surface area contributed by atoms with Gasteiger partial charge in [0.05, 0.1) is 11.2 Å². The summed E-state index contributed by atoms with van der Waals surface area (Å²) < 4.78 is 1.51. The maximum absolute atomic E-state index is 12.5. The quantitative estimate of drug-likeness (QED) is 0.922. The number of pyridine rings is 1. The fraction of sp³-hybridized carbons (Fsp3) is 0.400. The number of nitrogens with zero attached hydrogens (tertiary/aromatic N) is 3. The zero-order valence-corrected chi connectivity index (χ0v) is 12.5. The molecule has 6 heteroatoms. The molecule has 110 valence electrons. The minimum absolute atomic E-state index is 0.0324. The Bertz CT molecular complexity index is 682. The maximum atomic E-state index is 12.5. The van der Waals surface area contributed by atoms with Crippen molar-refractivity contribution in [1.82, 2.24) is 14.8 Å². The van der Waals surface area contributed by atoms with Crippen LogP contribution in [0.15, 0.2) is 35.5 Å². The topological polar surface area (TPSA) is 59.8 Å². The smallest absolute Gasteiger partial charge is 0.291 e. The molecule has 2 aromatic rings. The summed E-state index contributed by atoms with van der Waals surface area (Å²) >= 11 is 6.13. The van der Waals surface area contributed by atoms with Crippen LogP contribution >= 0.6 is 11.6 Å². The third-order valence-corrected chi connectivity index (χ3v) is 3.98. The molecule has 3 rings (SSSR count). The second kappa shape index (κ2) is 5.85. The zero-order valence-electron chi connectivity index (χ0n) is 11.8. The van der Waals surface area contributed by atoms with Crippen LogP contribution in [0.4, 0.5) is 5.69 Å². The first-order valence-electron chi connectivity index (χ1n) is 7.07. The SMILES string of the molecule is CC(Nc1c(Cl)cnn(CC2CC2)c1=O)c1ccncc1. The van der Waals surface area contributed by atoms with Crippen LogP contribution in [-0.2, 0) is 6.54 Å². The molecule has 0 saturated heterocycles. The molecule has 21 heavy (non-hydrogen) atoms. The maximum Gasteiger partial charge on any atom is 0.291 e. The van der Waals surface area contributed by atoms with Crippen molar-refractivity contribution in [3.8, 4) is 0 Å². The molecule has 0 aromatic carbocycles. The molecule has 1 fully saturated rings. The van der Waals surface area contributed by atoms with Gasteiger partial charge in [-0.15, -0.1) is 0 Å². The molecule has 1 aliphatic carbocycles. The van der Waals surface area contributed by atoms with E-state index in [-0.39, 0.29) is 11.6 Å². The van der Waals surface area contributed by atoms with Crippen molar-refractivity contribution >= 4 is 17.3 Å². The highest BCUT2D eigenvalue weighted by molar-refractivity contribution is 6.33. The van der Waals surface area contributed by atoms with Crippen LogP contribution in [0.1, 0.15) is 31.4 Å². The van der Waals surface area contributed by atoms with E-state index in [9.17, 15) is 4.79 Å². The average molecular weight is 305 g/mol. The summed E-state index contributed by atoms with van der Waals surface area (Å²) in [6, 6.07) is 3.79. The number of hydrogen-bond acceptors (Lipinski definition) is 4. The van der Waals surface area contributed by atoms with E-state index in [2.05, 4.69) is 15.4 Å². The minimum Gasteiger partial charge on any atom is -0.373 e. The fourth-order valence-corrected chi connectivity index (χ4v) is 2.41. The summed E-state index contributed by atoms with van der Waals surface area (Å²) in [5.41, 5.74) is 1.30. The Morgan fingerprint density at radius 2 is 2.14 bits per heavy atom. The normalized spacial score (nSPS) is 15.7. The summed E-state index contributed by atoms with van der Waals surface area (Å²) in [7, 11) is 0. The lowest BCUT2D eigenvalue weighted by atomic mass is 10.1. The van der Waals surface area contributed by atoms with Crippen molar-refractivity contribution < 1.29 is 0 Å². The molecule has 2 aromatic heterocycles. The van der Waals surface area contributed by atoms with Crippen LogP contribution in [-0.4, -0.2) is 14.8 Å². The van der Waals surface area contributed by atoms with Crippen molar-refractivity contribution in [2.45, 2.75) is 32.4 Å². The number of aromatic nitrogens is 3. The molecule has 5 nitrogen and oxygen atoms in total. The summed E-state index contributed by atoms with van der Waals surface area (Å²) in [5.74, 6) is 0.585. The lowest BCUT2D eigenvalue weighted by Crippen LogP contribution is -2.27. The van der Waals surface area contributed by atoms with Crippen molar-refractivity contribution in [2.75, 3.05) is 5.32 Å². The van der Waals surface area contributed by atoms with Gasteiger partial charge in [0.25, 0.3) is 5.56 Å². The van der Waals surface area contributed by atoms with E-state index in [4.69, 9.17) is 11.6 Å². The Morgan fingerprint density at radius 3 is 2.81 bits per heavy atom. The molecule has 1 saturated carbocycles. The van der Waals surface area contributed by atoms with E-state index in [0.717, 1.165) is 5.56 Å². The van der Waals surface area contributed by atoms with Crippen molar-refractivity contribution in [3.63, 3.8) is 0 Å². The third-order valence-electron chi connectivity index (χ3n) is 3.69. The van der Waals surface area contributed by atoms with Gasteiger partial charge in [-0.05, 0) is 43.4 Å². The second-order valence-electron chi connectivity index (χ2n) is 5.44. The Hall–Kier alpha value is -1.88. The summed E-state index contributed by atoms with van der Waals surface area (Å²) in [6.07, 6.45) is 7.34. The first-order chi connectivity index (χ1) is 10.1. The van der Waals surface area contributed by atoms with Gasteiger partial charge in [-0.3, -0.25) is 9.78 Å². The van der Waals surface area contributed by atoms with Crippen LogP contribution in [0.2, 0.25) is 5.02 Å². The monoisotopic (exact) mass is 304 g/mol. The molecular weight excluding hydrogens is 288 g/mol. The van der Waals surface area contributed by atoms with Crippen LogP contribution in [0.25, 0.3) is 0 Å². The van der Waals surface area contributed by atoms with Gasteiger partial charge in [-0.1, -0.05) is 11.6 Å². The highest BCUT2D eigenvalue weighted by Crippen LogP contribution is 2.30. The second-order valence-corrected chi connectivity index (χ2v) is 5.85. The van der Waals surface area contributed by atoms with Gasteiger partial charge in [0.1, 0.15) is 5.69 Å². The molecule has 0 aliphatic heterocycles. The van der Waals surface area contributed by atoms with E-state index in [1.54, 1.807) is 12.4 Å². The molecule has 0 amide bonds. The van der Waals surface area contributed by atoms with E-state index >= 15 is 0 Å². The van der Waals surface area contributed by atoms with Crippen molar-refractivity contribution in [1.29, 1.82) is 0 Å². The van der Waals surface area contributed by atoms with E-state index in [1.165, 1.54) is 23.7 Å². The Labute approximate surface area is 128 Å². The van der Waals surface area contributed by atoms with Crippen molar-refractivity contribution in [2.24, 2.45) is 5.92 Å². The summed E-state index contributed by atoms with van der Waals surface area (Å²) in [4.78, 5) is 16.5. The fourth-order valence-electron chi connectivity index (χ4n) is 2.23. The molecule has 0 radical (unpaired) electrons. The molecule has 1 unspecified atom stereocenters. The average Bonchev–Trinajstić information content (AvgIpc) is 3.31. The van der Waals surface area contributed by atoms with Gasteiger partial charge in [-0.25, -0.2) is 4.68 Å².